The highest BCUT2D eigenvalue weighted by atomic mass is 16.6. The lowest BCUT2D eigenvalue weighted by atomic mass is 9.88. The molecule has 0 atom stereocenters. The summed E-state index contributed by atoms with van der Waals surface area (Å²) in [6.45, 7) is 12.5. The lowest BCUT2D eigenvalue weighted by Crippen LogP contribution is -2.40. The molecular weight excluding hydrogens is 594 g/mol. The first kappa shape index (κ1) is 45.3. The molecule has 0 aliphatic carbocycles. The summed E-state index contributed by atoms with van der Waals surface area (Å²) in [4.78, 5) is 37.7. The number of nitrogens with one attached hydrogen (secondary N) is 3. The van der Waals surface area contributed by atoms with Gasteiger partial charge in [0.25, 0.3) is 0 Å². The molecule has 0 aromatic rings. The monoisotopic (exact) mass is 670 g/mol. The van der Waals surface area contributed by atoms with E-state index in [1.165, 1.54) is 89.9 Å². The van der Waals surface area contributed by atoms with E-state index in [1.54, 1.807) is 0 Å². The van der Waals surface area contributed by atoms with Crippen LogP contribution in [0.15, 0.2) is 0 Å². The maximum atomic E-state index is 12.6. The second-order valence-corrected chi connectivity index (χ2v) is 13.3. The molecule has 0 aromatic heterocycles. The molecule has 0 aliphatic heterocycles. The Bertz CT molecular complexity index is 698. The van der Waals surface area contributed by atoms with Crippen LogP contribution in [0.3, 0.4) is 0 Å². The van der Waals surface area contributed by atoms with Crippen molar-refractivity contribution in [1.82, 2.24) is 16.0 Å². The molecule has 47 heavy (non-hydrogen) atoms. The van der Waals surface area contributed by atoms with Gasteiger partial charge in [-0.05, 0) is 45.3 Å². The van der Waals surface area contributed by atoms with Gasteiger partial charge in [0.05, 0.1) is 24.8 Å². The number of hydrogen-bond acceptors (Lipinski definition) is 9. The summed E-state index contributed by atoms with van der Waals surface area (Å²) in [6, 6.07) is 0. The van der Waals surface area contributed by atoms with Crippen molar-refractivity contribution in [3.63, 3.8) is 0 Å². The van der Waals surface area contributed by atoms with Gasteiger partial charge in [-0.25, -0.2) is 0 Å². The predicted octanol–water partition coefficient (Wildman–Crippen LogP) is 7.64. The van der Waals surface area contributed by atoms with E-state index < -0.39 is 5.41 Å². The van der Waals surface area contributed by atoms with Gasteiger partial charge in [-0.15, -0.1) is 0 Å². The maximum absolute atomic E-state index is 12.6. The third-order valence-corrected chi connectivity index (χ3v) is 8.77. The molecule has 0 radical (unpaired) electrons. The Morgan fingerprint density at radius 2 is 0.766 bits per heavy atom. The van der Waals surface area contributed by atoms with Gasteiger partial charge in [0.1, 0.15) is 19.8 Å². The second kappa shape index (κ2) is 34.2. The molecule has 278 valence electrons. The van der Waals surface area contributed by atoms with Crippen molar-refractivity contribution in [3.05, 3.63) is 0 Å². The van der Waals surface area contributed by atoms with Crippen LogP contribution in [0.4, 0.5) is 0 Å². The molecule has 0 amide bonds. The fraction of sp³-hybridized carbons (Fsp3) is 0.921. The largest absolute Gasteiger partial charge is 0.465 e. The number of carbonyl (C=O) groups excluding carboxylic acids is 3. The fourth-order valence-corrected chi connectivity index (χ4v) is 5.24. The third-order valence-electron chi connectivity index (χ3n) is 8.77. The van der Waals surface area contributed by atoms with Gasteiger partial charge in [-0.3, -0.25) is 14.4 Å². The lowest BCUT2D eigenvalue weighted by molar-refractivity contribution is -0.161. The number of carbonyl (C=O) groups is 3. The number of unbranched alkanes of at least 4 members (excludes halogenated alkanes) is 15. The Morgan fingerprint density at radius 3 is 1.15 bits per heavy atom. The van der Waals surface area contributed by atoms with E-state index in [0.717, 1.165) is 45.3 Å². The van der Waals surface area contributed by atoms with Crippen LogP contribution in [-0.2, 0) is 28.6 Å². The quantitative estimate of drug-likeness (QED) is 0.0352. The molecule has 9 nitrogen and oxygen atoms in total. The summed E-state index contributed by atoms with van der Waals surface area (Å²) < 4.78 is 17.0. The van der Waals surface area contributed by atoms with Crippen LogP contribution in [-0.4, -0.2) is 77.0 Å². The van der Waals surface area contributed by atoms with Crippen molar-refractivity contribution in [2.75, 3.05) is 59.1 Å². The standard InChI is InChI=1S/C38H75N3O6/c1-5-9-12-15-18-21-26-39-29-24-35(42)45-32-38(8-4,34-47-37(44)31-41-28-23-20-17-14-11-7-3)33-46-36(43)25-30-40-27-22-19-16-13-10-6-2/h39-41H,5-34H2,1-4H3. The Hall–Kier alpha value is -1.71. The Labute approximate surface area is 289 Å². The van der Waals surface area contributed by atoms with Crippen molar-refractivity contribution >= 4 is 17.9 Å². The van der Waals surface area contributed by atoms with Gasteiger partial charge in [0.15, 0.2) is 0 Å². The molecule has 0 saturated heterocycles. The summed E-state index contributed by atoms with van der Waals surface area (Å²) in [5, 5.41) is 9.83. The Kier molecular flexibility index (Phi) is 32.9. The van der Waals surface area contributed by atoms with Gasteiger partial charge < -0.3 is 30.2 Å². The Balaban J connectivity index is 4.65. The van der Waals surface area contributed by atoms with E-state index in [9.17, 15) is 14.4 Å². The number of esters is 3. The lowest BCUT2D eigenvalue weighted by Gasteiger charge is -2.31. The summed E-state index contributed by atoms with van der Waals surface area (Å²) in [6.07, 6.45) is 23.0. The van der Waals surface area contributed by atoms with Crippen molar-refractivity contribution in [1.29, 1.82) is 0 Å². The van der Waals surface area contributed by atoms with Crippen LogP contribution in [0.2, 0.25) is 0 Å². The first-order valence-electron chi connectivity index (χ1n) is 19.5. The average Bonchev–Trinajstić information content (AvgIpc) is 3.07. The molecule has 0 bridgehead atoms. The van der Waals surface area contributed by atoms with Crippen molar-refractivity contribution in [2.45, 2.75) is 163 Å². The molecule has 0 saturated carbocycles. The summed E-state index contributed by atoms with van der Waals surface area (Å²) in [7, 11) is 0. The highest BCUT2D eigenvalue weighted by Gasteiger charge is 2.34. The third kappa shape index (κ3) is 30.1. The van der Waals surface area contributed by atoms with E-state index in [4.69, 9.17) is 14.2 Å². The van der Waals surface area contributed by atoms with Crippen molar-refractivity contribution in [3.8, 4) is 0 Å². The van der Waals surface area contributed by atoms with Gasteiger partial charge in [0.2, 0.25) is 0 Å². The molecule has 0 heterocycles. The van der Waals surface area contributed by atoms with E-state index >= 15 is 0 Å². The van der Waals surface area contributed by atoms with Gasteiger partial charge in [-0.1, -0.05) is 124 Å². The number of ether oxygens (including phenoxy) is 3. The highest BCUT2D eigenvalue weighted by molar-refractivity contribution is 5.72. The normalized spacial score (nSPS) is 11.5. The highest BCUT2D eigenvalue weighted by Crippen LogP contribution is 2.25. The van der Waals surface area contributed by atoms with E-state index in [-0.39, 0.29) is 57.1 Å². The van der Waals surface area contributed by atoms with Gasteiger partial charge in [0, 0.05) is 13.1 Å². The van der Waals surface area contributed by atoms with Crippen molar-refractivity contribution < 1.29 is 28.6 Å². The van der Waals surface area contributed by atoms with Crippen LogP contribution in [0.25, 0.3) is 0 Å². The average molecular weight is 670 g/mol. The minimum Gasteiger partial charge on any atom is -0.465 e. The predicted molar refractivity (Wildman–Crippen MR) is 194 cm³/mol. The zero-order chi connectivity index (χ0) is 34.7. The fourth-order valence-electron chi connectivity index (χ4n) is 5.24. The molecular formula is C38H75N3O6. The number of hydrogen-bond donors (Lipinski definition) is 3. The summed E-state index contributed by atoms with van der Waals surface area (Å²) >= 11 is 0. The van der Waals surface area contributed by atoms with Gasteiger partial charge >= 0.3 is 17.9 Å². The van der Waals surface area contributed by atoms with Crippen LogP contribution >= 0.6 is 0 Å². The molecule has 0 spiro atoms. The molecule has 9 heteroatoms. The van der Waals surface area contributed by atoms with E-state index in [0.29, 0.717) is 19.5 Å². The van der Waals surface area contributed by atoms with Crippen LogP contribution in [0, 0.1) is 5.41 Å². The van der Waals surface area contributed by atoms with E-state index in [2.05, 4.69) is 36.7 Å². The molecule has 0 fully saturated rings. The van der Waals surface area contributed by atoms with Crippen LogP contribution in [0.5, 0.6) is 0 Å². The zero-order valence-corrected chi connectivity index (χ0v) is 31.2. The summed E-state index contributed by atoms with van der Waals surface area (Å²) in [5.74, 6) is -0.977. The van der Waals surface area contributed by atoms with Gasteiger partial charge in [-0.2, -0.15) is 0 Å². The molecule has 0 rings (SSSR count). The molecule has 3 N–H and O–H groups in total. The zero-order valence-electron chi connectivity index (χ0n) is 31.2. The summed E-state index contributed by atoms with van der Waals surface area (Å²) in [5.41, 5.74) is -0.794. The smallest absolute Gasteiger partial charge is 0.319 e. The second-order valence-electron chi connectivity index (χ2n) is 13.3. The first-order chi connectivity index (χ1) is 22.9. The maximum Gasteiger partial charge on any atom is 0.319 e. The SMILES string of the molecule is CCCCCCCCNCCC(=O)OCC(CC)(COC(=O)CCNCCCCCCCC)COC(=O)CNCCCCCCCC. The van der Waals surface area contributed by atoms with Crippen LogP contribution in [0.1, 0.15) is 163 Å². The minimum absolute atomic E-state index is 0.0220. The molecule has 0 unspecified atom stereocenters. The molecule has 0 aromatic carbocycles. The first-order valence-corrected chi connectivity index (χ1v) is 19.5. The van der Waals surface area contributed by atoms with Crippen LogP contribution < -0.4 is 16.0 Å². The molecule has 0 aliphatic rings. The van der Waals surface area contributed by atoms with Crippen molar-refractivity contribution in [2.24, 2.45) is 5.41 Å². The van der Waals surface area contributed by atoms with E-state index in [1.807, 2.05) is 6.92 Å². The topological polar surface area (TPSA) is 115 Å². The number of rotatable bonds is 36. The Morgan fingerprint density at radius 1 is 0.426 bits per heavy atom. The minimum atomic E-state index is -0.794.